The van der Waals surface area contributed by atoms with E-state index in [4.69, 9.17) is 21.6 Å². The predicted molar refractivity (Wildman–Crippen MR) is 97.9 cm³/mol. The van der Waals surface area contributed by atoms with E-state index in [9.17, 15) is 4.79 Å². The second-order valence-corrected chi connectivity index (χ2v) is 6.67. The zero-order valence-corrected chi connectivity index (χ0v) is 15.0. The van der Waals surface area contributed by atoms with Crippen LogP contribution >= 0.6 is 22.9 Å². The van der Waals surface area contributed by atoms with Gasteiger partial charge in [0.2, 0.25) is 5.91 Å². The molecule has 1 aromatic carbocycles. The Balaban J connectivity index is 1.97. The van der Waals surface area contributed by atoms with Crippen LogP contribution in [0.1, 0.15) is 13.8 Å². The van der Waals surface area contributed by atoms with E-state index >= 15 is 0 Å². The predicted octanol–water partition coefficient (Wildman–Crippen LogP) is 4.26. The zero-order chi connectivity index (χ0) is 18.0. The molecule has 1 amide bonds. The molecule has 126 valence electrons. The third kappa shape index (κ3) is 3.87. The Bertz CT molecular complexity index is 996. The molecule has 6 nitrogen and oxygen atoms in total. The first kappa shape index (κ1) is 17.1. The molecule has 0 bridgehead atoms. The van der Waals surface area contributed by atoms with Crippen molar-refractivity contribution in [2.45, 2.75) is 20.0 Å². The van der Waals surface area contributed by atoms with E-state index in [0.29, 0.717) is 10.9 Å². The van der Waals surface area contributed by atoms with Crippen molar-refractivity contribution in [1.82, 2.24) is 9.97 Å². The van der Waals surface area contributed by atoms with Crippen LogP contribution in [0.2, 0.25) is 5.15 Å². The number of carbonyl (C=O) groups excluding carboxylic acids is 1. The van der Waals surface area contributed by atoms with Gasteiger partial charge in [0.1, 0.15) is 6.07 Å². The number of anilines is 1. The minimum absolute atomic E-state index is 0.158. The van der Waals surface area contributed by atoms with Crippen molar-refractivity contribution >= 4 is 44.2 Å². The number of halogens is 1. The van der Waals surface area contributed by atoms with Crippen LogP contribution in [-0.4, -0.2) is 22.0 Å². The van der Waals surface area contributed by atoms with Crippen molar-refractivity contribution in [2.24, 2.45) is 0 Å². The summed E-state index contributed by atoms with van der Waals surface area (Å²) in [6.45, 7) is 3.08. The van der Waals surface area contributed by atoms with Crippen LogP contribution in [0.15, 0.2) is 30.5 Å². The number of fused-ring (bicyclic) bond motifs is 1. The molecule has 1 unspecified atom stereocenters. The average molecular weight is 373 g/mol. The summed E-state index contributed by atoms with van der Waals surface area (Å²) in [7, 11) is 0. The van der Waals surface area contributed by atoms with Gasteiger partial charge in [-0.05, 0) is 30.7 Å². The van der Waals surface area contributed by atoms with E-state index in [1.807, 2.05) is 24.3 Å². The zero-order valence-electron chi connectivity index (χ0n) is 13.4. The highest BCUT2D eigenvalue weighted by Crippen LogP contribution is 2.33. The van der Waals surface area contributed by atoms with Gasteiger partial charge in [-0.15, -0.1) is 0 Å². The molecule has 8 heteroatoms. The summed E-state index contributed by atoms with van der Waals surface area (Å²) < 4.78 is 6.41. The Morgan fingerprint density at radius 2 is 2.20 bits per heavy atom. The Morgan fingerprint density at radius 1 is 1.40 bits per heavy atom. The maximum Gasteiger partial charge on any atom is 0.223 e. The molecule has 1 atom stereocenters. The van der Waals surface area contributed by atoms with Crippen LogP contribution in [0.5, 0.6) is 5.75 Å². The highest BCUT2D eigenvalue weighted by atomic mass is 35.5. The molecule has 0 aliphatic heterocycles. The van der Waals surface area contributed by atoms with Gasteiger partial charge in [0, 0.05) is 18.7 Å². The number of benzene rings is 1. The standard InChI is InChI=1S/C17H13ClN4O2S/c1-9(7-19)24-14-5-12(8-20-16(14)18)11-3-4-13-15(6-11)25-17(22-13)21-10(2)23/h3-6,8-9H,1-2H3,(H,21,22,23). The fourth-order valence-corrected chi connectivity index (χ4v) is 3.29. The second-order valence-electron chi connectivity index (χ2n) is 5.28. The summed E-state index contributed by atoms with van der Waals surface area (Å²) in [5.41, 5.74) is 2.51. The van der Waals surface area contributed by atoms with Crippen LogP contribution in [0.3, 0.4) is 0 Å². The smallest absolute Gasteiger partial charge is 0.223 e. The molecule has 0 radical (unpaired) electrons. The topological polar surface area (TPSA) is 87.9 Å². The van der Waals surface area contributed by atoms with Crippen LogP contribution in [0.4, 0.5) is 5.13 Å². The first-order chi connectivity index (χ1) is 12.0. The maximum atomic E-state index is 11.2. The average Bonchev–Trinajstić information content (AvgIpc) is 2.97. The van der Waals surface area contributed by atoms with E-state index in [0.717, 1.165) is 21.3 Å². The number of thiazole rings is 1. The number of ether oxygens (including phenoxy) is 1. The number of nitriles is 1. The van der Waals surface area contributed by atoms with Crippen LogP contribution < -0.4 is 10.1 Å². The Morgan fingerprint density at radius 3 is 2.92 bits per heavy atom. The van der Waals surface area contributed by atoms with Crippen molar-refractivity contribution < 1.29 is 9.53 Å². The third-order valence-corrected chi connectivity index (χ3v) is 4.51. The second kappa shape index (κ2) is 7.05. The highest BCUT2D eigenvalue weighted by Gasteiger charge is 2.11. The Labute approximate surface area is 153 Å². The summed E-state index contributed by atoms with van der Waals surface area (Å²) in [6.07, 6.45) is 1.02. The van der Waals surface area contributed by atoms with E-state index in [-0.39, 0.29) is 11.1 Å². The summed E-state index contributed by atoms with van der Waals surface area (Å²) >= 11 is 7.43. The van der Waals surface area contributed by atoms with Crippen molar-refractivity contribution in [2.75, 3.05) is 5.32 Å². The molecule has 0 saturated heterocycles. The molecule has 0 aliphatic rings. The SMILES string of the molecule is CC(=O)Nc1nc2ccc(-c3cnc(Cl)c(OC(C)C#N)c3)cc2s1. The minimum atomic E-state index is -0.626. The molecule has 2 aromatic heterocycles. The molecule has 2 heterocycles. The minimum Gasteiger partial charge on any atom is -0.473 e. The van der Waals surface area contributed by atoms with Crippen LogP contribution in [0.25, 0.3) is 21.3 Å². The number of aromatic nitrogens is 2. The number of rotatable bonds is 4. The van der Waals surface area contributed by atoms with Gasteiger partial charge in [0.25, 0.3) is 0 Å². The van der Waals surface area contributed by atoms with E-state index in [2.05, 4.69) is 15.3 Å². The van der Waals surface area contributed by atoms with Gasteiger partial charge in [-0.1, -0.05) is 29.0 Å². The lowest BCUT2D eigenvalue weighted by Crippen LogP contribution is -2.08. The van der Waals surface area contributed by atoms with Gasteiger partial charge < -0.3 is 10.1 Å². The van der Waals surface area contributed by atoms with Gasteiger partial charge in [-0.3, -0.25) is 4.79 Å². The lowest BCUT2D eigenvalue weighted by atomic mass is 10.1. The number of hydrogen-bond donors (Lipinski definition) is 1. The van der Waals surface area contributed by atoms with Crippen LogP contribution in [-0.2, 0) is 4.79 Å². The van der Waals surface area contributed by atoms with Crippen molar-refractivity contribution in [1.29, 1.82) is 5.26 Å². The molecule has 25 heavy (non-hydrogen) atoms. The van der Waals surface area contributed by atoms with Gasteiger partial charge in [0.05, 0.1) is 10.2 Å². The highest BCUT2D eigenvalue weighted by molar-refractivity contribution is 7.22. The van der Waals surface area contributed by atoms with Gasteiger partial charge >= 0.3 is 0 Å². The van der Waals surface area contributed by atoms with Crippen molar-refractivity contribution in [3.8, 4) is 22.9 Å². The molecular weight excluding hydrogens is 360 g/mol. The molecule has 1 N–H and O–H groups in total. The Kier molecular flexibility index (Phi) is 4.83. The quantitative estimate of drug-likeness (QED) is 0.691. The Hall–Kier alpha value is -2.69. The first-order valence-corrected chi connectivity index (χ1v) is 8.56. The fourth-order valence-electron chi connectivity index (χ4n) is 2.19. The molecule has 0 saturated carbocycles. The van der Waals surface area contributed by atoms with E-state index in [1.54, 1.807) is 19.2 Å². The third-order valence-electron chi connectivity index (χ3n) is 3.30. The van der Waals surface area contributed by atoms with E-state index in [1.165, 1.54) is 18.3 Å². The largest absolute Gasteiger partial charge is 0.473 e. The number of nitrogens with one attached hydrogen (secondary N) is 1. The lowest BCUT2D eigenvalue weighted by molar-refractivity contribution is -0.114. The summed E-state index contributed by atoms with van der Waals surface area (Å²) in [5, 5.41) is 12.3. The number of hydrogen-bond acceptors (Lipinski definition) is 6. The van der Waals surface area contributed by atoms with Crippen molar-refractivity contribution in [3.05, 3.63) is 35.6 Å². The number of carbonyl (C=O) groups is 1. The summed E-state index contributed by atoms with van der Waals surface area (Å²) in [5.74, 6) is 0.200. The molecular formula is C17H13ClN4O2S. The van der Waals surface area contributed by atoms with E-state index < -0.39 is 6.10 Å². The number of pyridine rings is 1. The van der Waals surface area contributed by atoms with Gasteiger partial charge in [-0.2, -0.15) is 5.26 Å². The van der Waals surface area contributed by atoms with Gasteiger partial charge in [0.15, 0.2) is 22.1 Å². The van der Waals surface area contributed by atoms with Crippen LogP contribution in [0, 0.1) is 11.3 Å². The first-order valence-electron chi connectivity index (χ1n) is 7.36. The molecule has 3 aromatic rings. The number of amides is 1. The molecule has 0 fully saturated rings. The summed E-state index contributed by atoms with van der Waals surface area (Å²) in [4.78, 5) is 19.6. The van der Waals surface area contributed by atoms with Gasteiger partial charge in [-0.25, -0.2) is 9.97 Å². The normalized spacial score (nSPS) is 11.8. The fraction of sp³-hybridized carbons (Fsp3) is 0.176. The summed E-state index contributed by atoms with van der Waals surface area (Å²) in [6, 6.07) is 9.48. The molecule has 0 aliphatic carbocycles. The number of nitrogens with zero attached hydrogens (tertiary/aromatic N) is 3. The molecule has 3 rings (SSSR count). The lowest BCUT2D eigenvalue weighted by Gasteiger charge is -2.10. The molecule has 0 spiro atoms. The monoisotopic (exact) mass is 372 g/mol. The maximum absolute atomic E-state index is 11.2. The van der Waals surface area contributed by atoms with Crippen molar-refractivity contribution in [3.63, 3.8) is 0 Å².